The number of anilines is 2. The number of rotatable bonds is 4. The minimum absolute atomic E-state index is 0.614. The molecule has 0 bridgehead atoms. The quantitative estimate of drug-likeness (QED) is 0.388. The van der Waals surface area contributed by atoms with E-state index in [0.29, 0.717) is 6.61 Å². The van der Waals surface area contributed by atoms with Gasteiger partial charge < -0.3 is 15.0 Å². The van der Waals surface area contributed by atoms with Crippen molar-refractivity contribution in [3.8, 4) is 39.7 Å². The topological polar surface area (TPSA) is 75.7 Å². The van der Waals surface area contributed by atoms with E-state index in [1.54, 1.807) is 18.6 Å². The number of H-pyrrole nitrogens is 1. The van der Waals surface area contributed by atoms with Crippen LogP contribution in [0.2, 0.25) is 0 Å². The van der Waals surface area contributed by atoms with Crippen LogP contribution in [0.5, 0.6) is 5.75 Å². The van der Waals surface area contributed by atoms with Crippen LogP contribution in [0.3, 0.4) is 0 Å². The number of alkyl halides is 1. The number of pyridine rings is 2. The van der Waals surface area contributed by atoms with E-state index in [-0.39, 0.29) is 0 Å². The van der Waals surface area contributed by atoms with Crippen LogP contribution in [-0.4, -0.2) is 31.9 Å². The van der Waals surface area contributed by atoms with Crippen molar-refractivity contribution in [2.45, 2.75) is 0 Å². The van der Waals surface area contributed by atoms with Gasteiger partial charge in [0.15, 0.2) is 0 Å². The van der Waals surface area contributed by atoms with Crippen molar-refractivity contribution < 1.29 is 4.74 Å². The number of nitrogens with one attached hydrogen (secondary N) is 2. The Morgan fingerprint density at radius 2 is 2.00 bits per heavy atom. The normalized spacial score (nSPS) is 11.6. The largest absolute Gasteiger partial charge is 0.493 e. The number of ether oxygens (including phenoxy) is 1. The second-order valence-corrected chi connectivity index (χ2v) is 7.11. The zero-order valence-electron chi connectivity index (χ0n) is 14.8. The summed E-state index contributed by atoms with van der Waals surface area (Å²) in [6, 6.07) is 13.9. The highest BCUT2D eigenvalue weighted by molar-refractivity contribution is 9.09. The molecule has 2 N–H and O–H groups in total. The van der Waals surface area contributed by atoms with Crippen LogP contribution in [0.25, 0.3) is 33.9 Å². The molecule has 0 atom stereocenters. The maximum atomic E-state index is 5.74. The number of hydrogen-bond acceptors (Lipinski definition) is 5. The summed E-state index contributed by atoms with van der Waals surface area (Å²) >= 11 is 3.39. The maximum Gasteiger partial charge on any atom is 0.139 e. The lowest BCUT2D eigenvalue weighted by Crippen LogP contribution is -1.97. The van der Waals surface area contributed by atoms with Crippen LogP contribution < -0.4 is 10.1 Å². The van der Waals surface area contributed by atoms with Gasteiger partial charge in [0.2, 0.25) is 0 Å². The van der Waals surface area contributed by atoms with Crippen LogP contribution in [0.4, 0.5) is 11.5 Å². The summed E-state index contributed by atoms with van der Waals surface area (Å²) in [6.07, 6.45) is 5.35. The standard InChI is InChI=1S/C21H16BrN5O/c22-7-10-28-14-4-1-3-13(11-14)20-26-18-15-6-9-23-12-17(15)25-21-16(19(18)27-20)5-2-8-24-21/h1-6,8-9,11-12H,7,10H2,(H,24,25)(H,26,27). The fourth-order valence-electron chi connectivity index (χ4n) is 3.33. The number of halogens is 1. The first-order valence-electron chi connectivity index (χ1n) is 8.89. The maximum absolute atomic E-state index is 5.74. The molecule has 3 aromatic heterocycles. The summed E-state index contributed by atoms with van der Waals surface area (Å²) in [4.78, 5) is 17.2. The third-order valence-corrected chi connectivity index (χ3v) is 4.89. The van der Waals surface area contributed by atoms with E-state index >= 15 is 0 Å². The highest BCUT2D eigenvalue weighted by Gasteiger charge is 2.24. The van der Waals surface area contributed by atoms with Gasteiger partial charge in [-0.15, -0.1) is 0 Å². The van der Waals surface area contributed by atoms with Gasteiger partial charge in [-0.1, -0.05) is 28.1 Å². The summed E-state index contributed by atoms with van der Waals surface area (Å²) < 4.78 is 5.74. The lowest BCUT2D eigenvalue weighted by molar-refractivity contribution is 0.345. The monoisotopic (exact) mass is 433 g/mol. The average molecular weight is 434 g/mol. The fourth-order valence-corrected chi connectivity index (χ4v) is 3.49. The molecule has 1 aromatic carbocycles. The van der Waals surface area contributed by atoms with Gasteiger partial charge in [0.1, 0.15) is 23.1 Å². The van der Waals surface area contributed by atoms with Crippen molar-refractivity contribution in [3.05, 3.63) is 61.1 Å². The molecule has 0 saturated carbocycles. The zero-order valence-corrected chi connectivity index (χ0v) is 16.4. The molecule has 0 fully saturated rings. The number of fused-ring (bicyclic) bond motifs is 5. The minimum atomic E-state index is 0.614. The average Bonchev–Trinajstić information content (AvgIpc) is 3.13. The van der Waals surface area contributed by atoms with Crippen LogP contribution in [0, 0.1) is 0 Å². The Balaban J connectivity index is 1.67. The first-order chi connectivity index (χ1) is 13.8. The second kappa shape index (κ2) is 7.09. The van der Waals surface area contributed by atoms with Crippen molar-refractivity contribution in [2.75, 3.05) is 17.3 Å². The smallest absolute Gasteiger partial charge is 0.139 e. The SMILES string of the molecule is BrCCOc1cccc(-c2nc3c([nH]2)-c2ccncc2Nc2ncccc2-3)c1. The Hall–Kier alpha value is -3.19. The minimum Gasteiger partial charge on any atom is -0.493 e. The van der Waals surface area contributed by atoms with Crippen molar-refractivity contribution in [1.82, 2.24) is 19.9 Å². The van der Waals surface area contributed by atoms with Crippen molar-refractivity contribution in [1.29, 1.82) is 0 Å². The van der Waals surface area contributed by atoms with Crippen molar-refractivity contribution in [3.63, 3.8) is 0 Å². The molecule has 4 aromatic rings. The number of benzene rings is 1. The molecule has 7 heteroatoms. The molecule has 4 heterocycles. The molecule has 0 amide bonds. The van der Waals surface area contributed by atoms with Crippen LogP contribution in [-0.2, 0) is 0 Å². The molecule has 1 aliphatic heterocycles. The van der Waals surface area contributed by atoms with E-state index < -0.39 is 0 Å². The third-order valence-electron chi connectivity index (χ3n) is 4.56. The molecule has 0 saturated heterocycles. The summed E-state index contributed by atoms with van der Waals surface area (Å²) in [5.41, 5.74) is 5.62. The van der Waals surface area contributed by atoms with Gasteiger partial charge in [-0.25, -0.2) is 9.97 Å². The first-order valence-corrected chi connectivity index (χ1v) is 10.0. The van der Waals surface area contributed by atoms with Crippen LogP contribution >= 0.6 is 15.9 Å². The predicted molar refractivity (Wildman–Crippen MR) is 113 cm³/mol. The molecule has 0 spiro atoms. The highest BCUT2D eigenvalue weighted by atomic mass is 79.9. The van der Waals surface area contributed by atoms with Gasteiger partial charge in [0, 0.05) is 34.4 Å². The molecule has 5 rings (SSSR count). The number of aromatic nitrogens is 4. The Kier molecular flexibility index (Phi) is 4.29. The van der Waals surface area contributed by atoms with E-state index in [0.717, 1.165) is 56.5 Å². The molecule has 138 valence electrons. The Morgan fingerprint density at radius 3 is 2.93 bits per heavy atom. The number of hydrogen-bond donors (Lipinski definition) is 2. The van der Waals surface area contributed by atoms with Crippen LogP contribution in [0.1, 0.15) is 0 Å². The molecule has 1 aliphatic rings. The van der Waals surface area contributed by atoms with E-state index in [1.807, 2.05) is 42.5 Å². The first kappa shape index (κ1) is 16.9. The Labute approximate surface area is 170 Å². The second-order valence-electron chi connectivity index (χ2n) is 6.32. The summed E-state index contributed by atoms with van der Waals surface area (Å²) in [5, 5.41) is 4.16. The number of imidazole rings is 1. The summed E-state index contributed by atoms with van der Waals surface area (Å²) in [7, 11) is 0. The number of aromatic amines is 1. The Morgan fingerprint density at radius 1 is 1.04 bits per heavy atom. The van der Waals surface area contributed by atoms with Crippen LogP contribution in [0.15, 0.2) is 61.1 Å². The van der Waals surface area contributed by atoms with E-state index in [2.05, 4.69) is 36.2 Å². The van der Waals surface area contributed by atoms with Crippen molar-refractivity contribution in [2.24, 2.45) is 0 Å². The summed E-state index contributed by atoms with van der Waals surface area (Å²) in [6.45, 7) is 0.614. The molecule has 0 aliphatic carbocycles. The summed E-state index contributed by atoms with van der Waals surface area (Å²) in [5.74, 6) is 2.37. The van der Waals surface area contributed by atoms with E-state index in [9.17, 15) is 0 Å². The van der Waals surface area contributed by atoms with Gasteiger partial charge in [-0.3, -0.25) is 4.98 Å². The number of nitrogens with zero attached hydrogens (tertiary/aromatic N) is 3. The lowest BCUT2D eigenvalue weighted by atomic mass is 10.1. The van der Waals surface area contributed by atoms with Crippen molar-refractivity contribution >= 4 is 27.4 Å². The molecular formula is C21H16BrN5O. The molecule has 6 nitrogen and oxygen atoms in total. The molecular weight excluding hydrogens is 418 g/mol. The zero-order chi connectivity index (χ0) is 18.9. The molecule has 0 unspecified atom stereocenters. The van der Waals surface area contributed by atoms with Gasteiger partial charge in [-0.2, -0.15) is 0 Å². The molecule has 0 radical (unpaired) electrons. The van der Waals surface area contributed by atoms with E-state index in [1.165, 1.54) is 0 Å². The van der Waals surface area contributed by atoms with Gasteiger partial charge in [0.05, 0.1) is 24.2 Å². The van der Waals surface area contributed by atoms with Gasteiger partial charge in [-0.05, 0) is 30.3 Å². The fraction of sp³-hybridized carbons (Fsp3) is 0.0952. The van der Waals surface area contributed by atoms with E-state index in [4.69, 9.17) is 9.72 Å². The third kappa shape index (κ3) is 2.93. The Bertz CT molecular complexity index is 1090. The predicted octanol–water partition coefficient (Wildman–Crippen LogP) is 5.03. The van der Waals surface area contributed by atoms with Gasteiger partial charge in [0.25, 0.3) is 0 Å². The lowest BCUT2D eigenvalue weighted by Gasteiger charge is -2.08. The molecule has 28 heavy (non-hydrogen) atoms. The highest BCUT2D eigenvalue weighted by Crippen LogP contribution is 2.42. The van der Waals surface area contributed by atoms with Gasteiger partial charge >= 0.3 is 0 Å².